The molecule has 0 saturated carbocycles. The average Bonchev–Trinajstić information content (AvgIpc) is 2.97. The number of ether oxygens (including phenoxy) is 3. The van der Waals surface area contributed by atoms with Crippen LogP contribution in [0.25, 0.3) is 11.8 Å². The fourth-order valence-corrected chi connectivity index (χ4v) is 2.39. The maximum absolute atomic E-state index is 13.8. The molecule has 0 bridgehead atoms. The molecule has 4 nitrogen and oxygen atoms in total. The van der Waals surface area contributed by atoms with Gasteiger partial charge in [-0.2, -0.15) is 0 Å². The molecule has 0 N–H and O–H groups in total. The molecular formula is C19H15FO4. The highest BCUT2D eigenvalue weighted by atomic mass is 19.1. The van der Waals surface area contributed by atoms with E-state index in [-0.39, 0.29) is 5.57 Å². The summed E-state index contributed by atoms with van der Waals surface area (Å²) >= 11 is 0. The molecule has 3 rings (SSSR count). The number of carbonyl (C=O) groups excluding carboxylic acids is 1. The first-order valence-corrected chi connectivity index (χ1v) is 7.25. The Morgan fingerprint density at radius 2 is 1.88 bits per heavy atom. The van der Waals surface area contributed by atoms with E-state index in [0.717, 1.165) is 0 Å². The molecule has 2 aromatic rings. The maximum atomic E-state index is 13.8. The molecule has 1 heterocycles. The number of esters is 1. The zero-order valence-corrected chi connectivity index (χ0v) is 13.2. The van der Waals surface area contributed by atoms with Gasteiger partial charge in [-0.25, -0.2) is 9.18 Å². The third-order valence-corrected chi connectivity index (χ3v) is 3.61. The topological polar surface area (TPSA) is 44.8 Å². The fraction of sp³-hybridized carbons (Fsp3) is 0.105. The second-order valence-corrected chi connectivity index (χ2v) is 5.09. The van der Waals surface area contributed by atoms with Crippen molar-refractivity contribution < 1.29 is 23.4 Å². The molecule has 0 atom stereocenters. The zero-order valence-electron chi connectivity index (χ0n) is 13.2. The summed E-state index contributed by atoms with van der Waals surface area (Å²) in [5.74, 6) is 0.534. The van der Waals surface area contributed by atoms with Crippen LogP contribution in [0.1, 0.15) is 11.1 Å². The van der Waals surface area contributed by atoms with E-state index in [9.17, 15) is 9.18 Å². The van der Waals surface area contributed by atoms with Crippen LogP contribution in [0.3, 0.4) is 0 Å². The highest BCUT2D eigenvalue weighted by Gasteiger charge is 2.25. The van der Waals surface area contributed by atoms with E-state index >= 15 is 0 Å². The molecule has 0 aromatic heterocycles. The van der Waals surface area contributed by atoms with E-state index in [4.69, 9.17) is 14.2 Å². The third-order valence-electron chi connectivity index (χ3n) is 3.61. The monoisotopic (exact) mass is 326 g/mol. The van der Waals surface area contributed by atoms with Crippen molar-refractivity contribution in [2.75, 3.05) is 14.2 Å². The first kappa shape index (κ1) is 15.8. The van der Waals surface area contributed by atoms with Gasteiger partial charge in [0.25, 0.3) is 0 Å². The van der Waals surface area contributed by atoms with E-state index in [2.05, 4.69) is 0 Å². The maximum Gasteiger partial charge on any atom is 0.343 e. The van der Waals surface area contributed by atoms with Gasteiger partial charge in [0.05, 0.1) is 25.4 Å². The number of hydrogen-bond donors (Lipinski definition) is 0. The van der Waals surface area contributed by atoms with Crippen molar-refractivity contribution in [1.29, 1.82) is 0 Å². The lowest BCUT2D eigenvalue weighted by Gasteiger charge is -2.10. The Balaban J connectivity index is 2.02. The van der Waals surface area contributed by atoms with Gasteiger partial charge in [0.2, 0.25) is 0 Å². The molecule has 122 valence electrons. The van der Waals surface area contributed by atoms with Crippen molar-refractivity contribution in [3.05, 3.63) is 71.1 Å². The van der Waals surface area contributed by atoms with Crippen molar-refractivity contribution in [3.8, 4) is 11.5 Å². The molecule has 0 unspecified atom stereocenters. The first-order chi connectivity index (χ1) is 11.6. The molecule has 24 heavy (non-hydrogen) atoms. The van der Waals surface area contributed by atoms with Crippen LogP contribution >= 0.6 is 0 Å². The fourth-order valence-electron chi connectivity index (χ4n) is 2.39. The standard InChI is InChI=1S/C19H15FO4/c1-22-14-7-8-17(23-2)15(11-14)18-10-13(19(21)24-18)9-12-5-3-4-6-16(12)20/h3-11H,1-2H3. The first-order valence-electron chi connectivity index (χ1n) is 7.25. The zero-order chi connectivity index (χ0) is 17.1. The van der Waals surface area contributed by atoms with Crippen LogP contribution in [0.5, 0.6) is 11.5 Å². The molecule has 0 saturated heterocycles. The number of hydrogen-bond acceptors (Lipinski definition) is 4. The van der Waals surface area contributed by atoms with Crippen LogP contribution in [-0.2, 0) is 9.53 Å². The van der Waals surface area contributed by atoms with Gasteiger partial charge in [-0.05, 0) is 36.4 Å². The SMILES string of the molecule is COc1ccc(OC)c(C2=CC(=Cc3ccccc3F)C(=O)O2)c1. The van der Waals surface area contributed by atoms with Crippen LogP contribution in [-0.4, -0.2) is 20.2 Å². The Morgan fingerprint density at radius 3 is 2.58 bits per heavy atom. The van der Waals surface area contributed by atoms with Crippen molar-refractivity contribution in [3.63, 3.8) is 0 Å². The number of methoxy groups -OCH3 is 2. The summed E-state index contributed by atoms with van der Waals surface area (Å²) in [7, 11) is 3.07. The minimum atomic E-state index is -0.543. The summed E-state index contributed by atoms with van der Waals surface area (Å²) in [6.45, 7) is 0. The minimum absolute atomic E-state index is 0.264. The van der Waals surface area contributed by atoms with Crippen LogP contribution in [0, 0.1) is 5.82 Å². The second kappa shape index (κ2) is 6.58. The van der Waals surface area contributed by atoms with E-state index in [1.54, 1.807) is 49.6 Å². The van der Waals surface area contributed by atoms with Gasteiger partial charge in [0, 0.05) is 5.56 Å². The second-order valence-electron chi connectivity index (χ2n) is 5.09. The van der Waals surface area contributed by atoms with Crippen molar-refractivity contribution >= 4 is 17.8 Å². The largest absolute Gasteiger partial charge is 0.497 e. The number of halogens is 1. The van der Waals surface area contributed by atoms with Crippen LogP contribution in [0.15, 0.2) is 54.1 Å². The van der Waals surface area contributed by atoms with E-state index in [1.807, 2.05) is 0 Å². The van der Waals surface area contributed by atoms with Gasteiger partial charge in [0.15, 0.2) is 0 Å². The summed E-state index contributed by atoms with van der Waals surface area (Å²) in [5.41, 5.74) is 1.17. The average molecular weight is 326 g/mol. The van der Waals surface area contributed by atoms with E-state index in [0.29, 0.717) is 28.4 Å². The van der Waals surface area contributed by atoms with Crippen molar-refractivity contribution in [1.82, 2.24) is 0 Å². The smallest absolute Gasteiger partial charge is 0.343 e. The number of rotatable bonds is 4. The Labute approximate surface area is 138 Å². The molecule has 0 radical (unpaired) electrons. The molecule has 2 aromatic carbocycles. The number of carbonyl (C=O) groups is 1. The predicted octanol–water partition coefficient (Wildman–Crippen LogP) is 3.82. The Bertz CT molecular complexity index is 852. The van der Waals surface area contributed by atoms with Gasteiger partial charge in [-0.15, -0.1) is 0 Å². The lowest BCUT2D eigenvalue weighted by molar-refractivity contribution is -0.130. The highest BCUT2D eigenvalue weighted by Crippen LogP contribution is 2.35. The Morgan fingerprint density at radius 1 is 1.08 bits per heavy atom. The minimum Gasteiger partial charge on any atom is -0.497 e. The van der Waals surface area contributed by atoms with Gasteiger partial charge < -0.3 is 14.2 Å². The molecule has 1 aliphatic heterocycles. The molecule has 0 spiro atoms. The quantitative estimate of drug-likeness (QED) is 0.633. The van der Waals surface area contributed by atoms with Crippen LogP contribution in [0.2, 0.25) is 0 Å². The van der Waals surface area contributed by atoms with Crippen molar-refractivity contribution in [2.45, 2.75) is 0 Å². The molecule has 5 heteroatoms. The molecule has 0 aliphatic carbocycles. The van der Waals surface area contributed by atoms with E-state index in [1.165, 1.54) is 19.3 Å². The summed E-state index contributed by atoms with van der Waals surface area (Å²) in [4.78, 5) is 12.1. The van der Waals surface area contributed by atoms with Gasteiger partial charge in [-0.1, -0.05) is 18.2 Å². The third kappa shape index (κ3) is 3.01. The lowest BCUT2D eigenvalue weighted by Crippen LogP contribution is -1.99. The number of cyclic esters (lactones) is 1. The number of benzene rings is 2. The predicted molar refractivity (Wildman–Crippen MR) is 88.0 cm³/mol. The summed E-state index contributed by atoms with van der Waals surface area (Å²) in [5, 5.41) is 0. The summed E-state index contributed by atoms with van der Waals surface area (Å²) in [6.07, 6.45) is 3.02. The van der Waals surface area contributed by atoms with Crippen LogP contribution in [0.4, 0.5) is 4.39 Å². The Hall–Kier alpha value is -3.08. The molecule has 1 aliphatic rings. The summed E-state index contributed by atoms with van der Waals surface area (Å²) in [6, 6.07) is 11.4. The molecular weight excluding hydrogens is 311 g/mol. The highest BCUT2D eigenvalue weighted by molar-refractivity contribution is 6.05. The molecule has 0 amide bonds. The molecule has 0 fully saturated rings. The van der Waals surface area contributed by atoms with E-state index < -0.39 is 11.8 Å². The van der Waals surface area contributed by atoms with Gasteiger partial charge >= 0.3 is 5.97 Å². The van der Waals surface area contributed by atoms with Crippen molar-refractivity contribution in [2.24, 2.45) is 0 Å². The summed E-state index contributed by atoms with van der Waals surface area (Å²) < 4.78 is 29.6. The normalized spacial score (nSPS) is 15.2. The van der Waals surface area contributed by atoms with Crippen LogP contribution < -0.4 is 9.47 Å². The van der Waals surface area contributed by atoms with Gasteiger partial charge in [0.1, 0.15) is 23.1 Å². The Kier molecular flexibility index (Phi) is 4.33. The van der Waals surface area contributed by atoms with Gasteiger partial charge in [-0.3, -0.25) is 0 Å². The lowest BCUT2D eigenvalue weighted by atomic mass is 10.1.